The largest absolute Gasteiger partial charge is 0.366 e. The Bertz CT molecular complexity index is 1070. The Hall–Kier alpha value is -3.12. The van der Waals surface area contributed by atoms with Crippen LogP contribution in [0.4, 0.5) is 5.95 Å². The summed E-state index contributed by atoms with van der Waals surface area (Å²) in [7, 11) is 0. The number of nitrogens with one attached hydrogen (secondary N) is 1. The van der Waals surface area contributed by atoms with E-state index in [1.54, 1.807) is 16.8 Å². The van der Waals surface area contributed by atoms with Crippen LogP contribution in [0.3, 0.4) is 0 Å². The summed E-state index contributed by atoms with van der Waals surface area (Å²) >= 11 is 6.03. The van der Waals surface area contributed by atoms with Gasteiger partial charge in [-0.15, -0.1) is 5.10 Å². The molecular formula is C20H18ClN5O. The summed E-state index contributed by atoms with van der Waals surface area (Å²) in [6.45, 7) is 3.83. The Morgan fingerprint density at radius 2 is 1.93 bits per heavy atom. The van der Waals surface area contributed by atoms with E-state index in [0.29, 0.717) is 28.1 Å². The standard InChI is InChI=1S/C20H18ClN5O/c1-11-4-3-5-14(10-11)19-24-20-23-12(2)16(18(22)27)17(26(20)25-19)13-6-8-15(21)9-7-13/h3-10,17H,1-2H3,(H2,22,27)(H,23,24,25)/t17-/m0/s1. The number of anilines is 1. The van der Waals surface area contributed by atoms with Gasteiger partial charge < -0.3 is 11.1 Å². The predicted octanol–water partition coefficient (Wildman–Crippen LogP) is 3.68. The van der Waals surface area contributed by atoms with Gasteiger partial charge in [0.05, 0.1) is 5.57 Å². The number of primary amides is 1. The zero-order valence-corrected chi connectivity index (χ0v) is 15.7. The molecule has 3 aromatic rings. The number of fused-ring (bicyclic) bond motifs is 1. The monoisotopic (exact) mass is 379 g/mol. The maximum Gasteiger partial charge on any atom is 0.248 e. The first kappa shape index (κ1) is 17.3. The Morgan fingerprint density at radius 3 is 2.59 bits per heavy atom. The van der Waals surface area contributed by atoms with Crippen LogP contribution < -0.4 is 11.1 Å². The first-order valence-corrected chi connectivity index (χ1v) is 8.88. The van der Waals surface area contributed by atoms with Crippen molar-refractivity contribution in [3.63, 3.8) is 0 Å². The number of aryl methyl sites for hydroxylation is 1. The van der Waals surface area contributed by atoms with Crippen molar-refractivity contribution < 1.29 is 4.79 Å². The molecule has 3 N–H and O–H groups in total. The summed E-state index contributed by atoms with van der Waals surface area (Å²) in [6.07, 6.45) is 0. The lowest BCUT2D eigenvalue weighted by atomic mass is 9.95. The second-order valence-electron chi connectivity index (χ2n) is 6.56. The maximum atomic E-state index is 12.2. The minimum Gasteiger partial charge on any atom is -0.366 e. The minimum atomic E-state index is -0.502. The van der Waals surface area contributed by atoms with E-state index in [0.717, 1.165) is 16.7 Å². The van der Waals surface area contributed by atoms with E-state index in [2.05, 4.69) is 15.4 Å². The molecule has 1 aliphatic heterocycles. The Kier molecular flexibility index (Phi) is 4.20. The average molecular weight is 380 g/mol. The number of amides is 1. The van der Waals surface area contributed by atoms with Gasteiger partial charge in [-0.05, 0) is 37.6 Å². The quantitative estimate of drug-likeness (QED) is 0.726. The Morgan fingerprint density at radius 1 is 1.19 bits per heavy atom. The third-order valence-electron chi connectivity index (χ3n) is 4.58. The van der Waals surface area contributed by atoms with Crippen LogP contribution in [0.25, 0.3) is 11.4 Å². The number of hydrogen-bond acceptors (Lipinski definition) is 4. The lowest BCUT2D eigenvalue weighted by molar-refractivity contribution is -0.115. The van der Waals surface area contributed by atoms with Crippen molar-refractivity contribution in [2.75, 3.05) is 5.32 Å². The molecule has 0 unspecified atom stereocenters. The molecule has 0 fully saturated rings. The lowest BCUT2D eigenvalue weighted by Gasteiger charge is -2.27. The van der Waals surface area contributed by atoms with Gasteiger partial charge in [0.25, 0.3) is 0 Å². The van der Waals surface area contributed by atoms with Crippen molar-refractivity contribution in [3.8, 4) is 11.4 Å². The molecule has 0 saturated carbocycles. The molecule has 4 rings (SSSR count). The molecule has 1 atom stereocenters. The number of carbonyl (C=O) groups excluding carboxylic acids is 1. The van der Waals surface area contributed by atoms with Crippen LogP contribution in [0.1, 0.15) is 24.1 Å². The number of allylic oxidation sites excluding steroid dienone is 1. The van der Waals surface area contributed by atoms with Gasteiger partial charge in [0.15, 0.2) is 5.82 Å². The number of halogens is 1. The topological polar surface area (TPSA) is 85.8 Å². The second kappa shape index (κ2) is 6.55. The van der Waals surface area contributed by atoms with Gasteiger partial charge in [0.2, 0.25) is 11.9 Å². The second-order valence-corrected chi connectivity index (χ2v) is 6.99. The van der Waals surface area contributed by atoms with E-state index in [-0.39, 0.29) is 0 Å². The fourth-order valence-electron chi connectivity index (χ4n) is 3.33. The molecule has 27 heavy (non-hydrogen) atoms. The number of hydrogen-bond donors (Lipinski definition) is 2. The number of carbonyl (C=O) groups is 1. The summed E-state index contributed by atoms with van der Waals surface area (Å²) in [5, 5.41) is 8.45. The smallest absolute Gasteiger partial charge is 0.248 e. The van der Waals surface area contributed by atoms with Gasteiger partial charge in [-0.1, -0.05) is 47.5 Å². The number of nitrogens with two attached hydrogens (primary N) is 1. The van der Waals surface area contributed by atoms with Crippen LogP contribution in [-0.2, 0) is 4.79 Å². The molecule has 2 aromatic carbocycles. The van der Waals surface area contributed by atoms with E-state index < -0.39 is 11.9 Å². The lowest BCUT2D eigenvalue weighted by Crippen LogP contribution is -2.31. The van der Waals surface area contributed by atoms with Gasteiger partial charge in [-0.3, -0.25) is 4.79 Å². The van der Waals surface area contributed by atoms with Crippen LogP contribution in [0.5, 0.6) is 0 Å². The summed E-state index contributed by atoms with van der Waals surface area (Å²) in [5.41, 5.74) is 9.69. The number of rotatable bonds is 3. The van der Waals surface area contributed by atoms with Crippen LogP contribution in [-0.4, -0.2) is 20.7 Å². The van der Waals surface area contributed by atoms with Crippen LogP contribution in [0.2, 0.25) is 5.02 Å². The molecule has 1 amide bonds. The third kappa shape index (κ3) is 3.08. The third-order valence-corrected chi connectivity index (χ3v) is 4.83. The summed E-state index contributed by atoms with van der Waals surface area (Å²) in [4.78, 5) is 16.8. The van der Waals surface area contributed by atoms with Crippen molar-refractivity contribution in [3.05, 3.63) is 76.0 Å². The van der Waals surface area contributed by atoms with Crippen molar-refractivity contribution >= 4 is 23.5 Å². The zero-order valence-electron chi connectivity index (χ0n) is 14.9. The van der Waals surface area contributed by atoms with E-state index in [1.807, 2.05) is 50.2 Å². The molecule has 7 heteroatoms. The number of aromatic nitrogens is 3. The minimum absolute atomic E-state index is 0.450. The van der Waals surface area contributed by atoms with Crippen LogP contribution in [0, 0.1) is 6.92 Å². The number of benzene rings is 2. The van der Waals surface area contributed by atoms with E-state index in [4.69, 9.17) is 17.3 Å². The molecular weight excluding hydrogens is 362 g/mol. The highest BCUT2D eigenvalue weighted by Gasteiger charge is 2.33. The van der Waals surface area contributed by atoms with Gasteiger partial charge in [0, 0.05) is 16.3 Å². The highest BCUT2D eigenvalue weighted by molar-refractivity contribution is 6.30. The van der Waals surface area contributed by atoms with Crippen LogP contribution in [0.15, 0.2) is 59.8 Å². The fraction of sp³-hybridized carbons (Fsp3) is 0.150. The van der Waals surface area contributed by atoms with Gasteiger partial charge in [-0.2, -0.15) is 4.98 Å². The molecule has 136 valence electrons. The maximum absolute atomic E-state index is 12.2. The Balaban J connectivity index is 1.88. The van der Waals surface area contributed by atoms with E-state index in [1.165, 1.54) is 0 Å². The molecule has 0 aliphatic carbocycles. The van der Waals surface area contributed by atoms with E-state index >= 15 is 0 Å². The van der Waals surface area contributed by atoms with Crippen molar-refractivity contribution in [1.29, 1.82) is 0 Å². The molecule has 1 aromatic heterocycles. The molecule has 0 spiro atoms. The normalized spacial score (nSPS) is 16.0. The summed E-state index contributed by atoms with van der Waals surface area (Å²) < 4.78 is 1.70. The molecule has 2 heterocycles. The van der Waals surface area contributed by atoms with E-state index in [9.17, 15) is 4.79 Å². The summed E-state index contributed by atoms with van der Waals surface area (Å²) in [5.74, 6) is 0.644. The zero-order chi connectivity index (χ0) is 19.1. The highest BCUT2D eigenvalue weighted by Crippen LogP contribution is 2.36. The van der Waals surface area contributed by atoms with Crippen molar-refractivity contribution in [2.24, 2.45) is 5.73 Å². The van der Waals surface area contributed by atoms with Crippen molar-refractivity contribution in [1.82, 2.24) is 14.8 Å². The number of nitrogens with zero attached hydrogens (tertiary/aromatic N) is 3. The van der Waals surface area contributed by atoms with Gasteiger partial charge in [-0.25, -0.2) is 4.68 Å². The fourth-order valence-corrected chi connectivity index (χ4v) is 3.46. The SMILES string of the molecule is CC1=C(C(N)=O)[C@H](c2ccc(Cl)cc2)n2nc(-c3cccc(C)c3)nc2N1. The average Bonchev–Trinajstić information content (AvgIpc) is 3.04. The van der Waals surface area contributed by atoms with Gasteiger partial charge in [0.1, 0.15) is 6.04 Å². The first-order valence-electron chi connectivity index (χ1n) is 8.50. The molecule has 1 aliphatic rings. The van der Waals surface area contributed by atoms with Gasteiger partial charge >= 0.3 is 0 Å². The predicted molar refractivity (Wildman–Crippen MR) is 105 cm³/mol. The first-order chi connectivity index (χ1) is 12.9. The molecule has 0 saturated heterocycles. The molecule has 0 radical (unpaired) electrons. The Labute approximate surface area is 161 Å². The highest BCUT2D eigenvalue weighted by atomic mass is 35.5. The molecule has 6 nitrogen and oxygen atoms in total. The van der Waals surface area contributed by atoms with Crippen molar-refractivity contribution in [2.45, 2.75) is 19.9 Å². The summed E-state index contributed by atoms with van der Waals surface area (Å²) in [6, 6.07) is 14.8. The van der Waals surface area contributed by atoms with Crippen LogP contribution >= 0.6 is 11.6 Å². The molecule has 0 bridgehead atoms.